The molecule has 0 aromatic heterocycles. The van der Waals surface area contributed by atoms with Crippen molar-refractivity contribution in [3.8, 4) is 11.1 Å². The summed E-state index contributed by atoms with van der Waals surface area (Å²) in [7, 11) is 0. The second-order valence-electron chi connectivity index (χ2n) is 7.96. The first-order chi connectivity index (χ1) is 13.1. The number of rotatable bonds is 10. The van der Waals surface area contributed by atoms with Gasteiger partial charge in [0.25, 0.3) is 0 Å². The number of carboxylic acid groups (broad SMARTS) is 1. The summed E-state index contributed by atoms with van der Waals surface area (Å²) < 4.78 is 0. The van der Waals surface area contributed by atoms with Gasteiger partial charge in [-0.3, -0.25) is 4.79 Å². The predicted molar refractivity (Wildman–Crippen MR) is 112 cm³/mol. The van der Waals surface area contributed by atoms with Gasteiger partial charge in [0.15, 0.2) is 0 Å². The van der Waals surface area contributed by atoms with Gasteiger partial charge in [0.1, 0.15) is 0 Å². The van der Waals surface area contributed by atoms with Crippen LogP contribution in [0.1, 0.15) is 81.9 Å². The van der Waals surface area contributed by atoms with Crippen molar-refractivity contribution in [3.63, 3.8) is 0 Å². The molecule has 1 aliphatic rings. The van der Waals surface area contributed by atoms with Gasteiger partial charge in [-0.15, -0.1) is 0 Å². The molecule has 0 saturated carbocycles. The van der Waals surface area contributed by atoms with Crippen LogP contribution in [0.15, 0.2) is 42.5 Å². The zero-order valence-corrected chi connectivity index (χ0v) is 16.8. The van der Waals surface area contributed by atoms with E-state index >= 15 is 0 Å². The number of fused-ring (bicyclic) bond motifs is 3. The molecule has 0 aliphatic heterocycles. The van der Waals surface area contributed by atoms with Gasteiger partial charge in [0, 0.05) is 11.8 Å². The number of aryl methyl sites for hydroxylation is 1. The molecule has 0 amide bonds. The van der Waals surface area contributed by atoms with E-state index in [1.54, 1.807) is 0 Å². The average Bonchev–Trinajstić information content (AvgIpc) is 2.94. The van der Waals surface area contributed by atoms with E-state index in [2.05, 4.69) is 56.3 Å². The quantitative estimate of drug-likeness (QED) is 0.507. The van der Waals surface area contributed by atoms with Crippen LogP contribution in [-0.4, -0.2) is 11.1 Å². The molecule has 0 fully saturated rings. The van der Waals surface area contributed by atoms with E-state index in [1.807, 2.05) is 0 Å². The van der Waals surface area contributed by atoms with Gasteiger partial charge in [-0.25, -0.2) is 0 Å². The zero-order valence-electron chi connectivity index (χ0n) is 16.8. The molecular weight excluding hydrogens is 332 g/mol. The molecule has 3 rings (SSSR count). The fourth-order valence-corrected chi connectivity index (χ4v) is 4.73. The fraction of sp³-hybridized carbons (Fsp3) is 0.480. The number of carbonyl (C=O) groups is 1. The van der Waals surface area contributed by atoms with E-state index in [0.717, 1.165) is 6.42 Å². The van der Waals surface area contributed by atoms with Crippen molar-refractivity contribution in [1.82, 2.24) is 0 Å². The first-order valence-electron chi connectivity index (χ1n) is 10.6. The van der Waals surface area contributed by atoms with Crippen molar-refractivity contribution in [2.75, 3.05) is 0 Å². The Bertz CT molecular complexity index is 783. The molecule has 27 heavy (non-hydrogen) atoms. The van der Waals surface area contributed by atoms with E-state index in [4.69, 9.17) is 5.11 Å². The number of unbranched alkanes of at least 4 members (excludes halogenated alkanes) is 2. The lowest BCUT2D eigenvalue weighted by Gasteiger charge is -2.32. The third-order valence-corrected chi connectivity index (χ3v) is 6.10. The zero-order chi connectivity index (χ0) is 19.3. The molecule has 0 unspecified atom stereocenters. The van der Waals surface area contributed by atoms with Gasteiger partial charge in [0.2, 0.25) is 0 Å². The Labute approximate surface area is 163 Å². The first kappa shape index (κ1) is 19.7. The molecule has 2 aromatic carbocycles. The van der Waals surface area contributed by atoms with E-state index in [-0.39, 0.29) is 11.8 Å². The molecule has 0 radical (unpaired) electrons. The molecule has 1 N–H and O–H groups in total. The Morgan fingerprint density at radius 1 is 0.889 bits per heavy atom. The van der Waals surface area contributed by atoms with Crippen LogP contribution in [0.5, 0.6) is 0 Å². The van der Waals surface area contributed by atoms with Gasteiger partial charge in [-0.05, 0) is 53.5 Å². The average molecular weight is 365 g/mol. The van der Waals surface area contributed by atoms with Gasteiger partial charge in [-0.1, -0.05) is 82.0 Å². The molecular formula is C25H32O2. The van der Waals surface area contributed by atoms with Crippen LogP contribution in [0, 0.1) is 0 Å². The number of carboxylic acids is 1. The second-order valence-corrected chi connectivity index (χ2v) is 7.96. The third kappa shape index (κ3) is 3.95. The predicted octanol–water partition coefficient (Wildman–Crippen LogP) is 6.74. The van der Waals surface area contributed by atoms with Gasteiger partial charge < -0.3 is 5.11 Å². The number of hydrogen-bond donors (Lipinski definition) is 1. The van der Waals surface area contributed by atoms with Crippen molar-refractivity contribution in [1.29, 1.82) is 0 Å². The maximum Gasteiger partial charge on any atom is 0.303 e. The van der Waals surface area contributed by atoms with Crippen LogP contribution in [-0.2, 0) is 16.6 Å². The highest BCUT2D eigenvalue weighted by atomic mass is 16.4. The highest BCUT2D eigenvalue weighted by molar-refractivity contribution is 5.81. The van der Waals surface area contributed by atoms with Crippen molar-refractivity contribution >= 4 is 5.97 Å². The minimum absolute atomic E-state index is 0.150. The molecule has 1 aliphatic carbocycles. The second kappa shape index (κ2) is 8.73. The number of aliphatic carboxylic acids is 1. The number of hydrogen-bond acceptors (Lipinski definition) is 1. The smallest absolute Gasteiger partial charge is 0.303 e. The van der Waals surface area contributed by atoms with E-state index in [1.165, 1.54) is 66.3 Å². The van der Waals surface area contributed by atoms with Crippen LogP contribution in [0.2, 0.25) is 0 Å². The Hall–Kier alpha value is -2.09. The molecule has 0 heterocycles. The molecule has 0 bridgehead atoms. The van der Waals surface area contributed by atoms with Crippen LogP contribution in [0.25, 0.3) is 11.1 Å². The molecule has 2 heteroatoms. The van der Waals surface area contributed by atoms with Crippen molar-refractivity contribution < 1.29 is 9.90 Å². The lowest BCUT2D eigenvalue weighted by atomic mass is 9.71. The molecule has 0 atom stereocenters. The lowest BCUT2D eigenvalue weighted by Crippen LogP contribution is -2.25. The van der Waals surface area contributed by atoms with Crippen molar-refractivity contribution in [3.05, 3.63) is 59.2 Å². The monoisotopic (exact) mass is 364 g/mol. The van der Waals surface area contributed by atoms with Crippen LogP contribution in [0.3, 0.4) is 0 Å². The normalized spacial score (nSPS) is 14.0. The highest BCUT2D eigenvalue weighted by Gasteiger charge is 2.41. The standard InChI is InChI=1S/C25H32O2/c1-3-5-16-25(17-6-4-2)22-12-8-7-11-20(22)21-18-19(14-15-23(21)25)10-9-13-24(26)27/h7-8,11-12,14-15,18H,3-6,9-10,13,16-17H2,1-2H3,(H,26,27). The Kier molecular flexibility index (Phi) is 6.36. The van der Waals surface area contributed by atoms with E-state index < -0.39 is 5.97 Å². The maximum atomic E-state index is 10.8. The van der Waals surface area contributed by atoms with Gasteiger partial charge >= 0.3 is 5.97 Å². The SMILES string of the molecule is CCCCC1(CCCC)c2ccccc2-c2cc(CCCC(=O)O)ccc21. The minimum atomic E-state index is -0.709. The summed E-state index contributed by atoms with van der Waals surface area (Å²) >= 11 is 0. The van der Waals surface area contributed by atoms with Gasteiger partial charge in [-0.2, -0.15) is 0 Å². The van der Waals surface area contributed by atoms with E-state index in [9.17, 15) is 4.79 Å². The Morgan fingerprint density at radius 2 is 1.56 bits per heavy atom. The summed E-state index contributed by atoms with van der Waals surface area (Å²) in [6.07, 6.45) is 9.14. The summed E-state index contributed by atoms with van der Waals surface area (Å²) in [4.78, 5) is 10.8. The van der Waals surface area contributed by atoms with Gasteiger partial charge in [0.05, 0.1) is 0 Å². The van der Waals surface area contributed by atoms with Crippen LogP contribution >= 0.6 is 0 Å². The summed E-state index contributed by atoms with van der Waals surface area (Å²) in [6.45, 7) is 4.56. The molecule has 2 aromatic rings. The molecule has 0 spiro atoms. The largest absolute Gasteiger partial charge is 0.481 e. The summed E-state index contributed by atoms with van der Waals surface area (Å²) in [5.74, 6) is -0.709. The molecule has 0 saturated heterocycles. The Balaban J connectivity index is 2.01. The maximum absolute atomic E-state index is 10.8. The number of benzene rings is 2. The minimum Gasteiger partial charge on any atom is -0.481 e. The topological polar surface area (TPSA) is 37.3 Å². The highest BCUT2D eigenvalue weighted by Crippen LogP contribution is 2.54. The summed E-state index contributed by atoms with van der Waals surface area (Å²) in [5, 5.41) is 8.91. The molecule has 2 nitrogen and oxygen atoms in total. The summed E-state index contributed by atoms with van der Waals surface area (Å²) in [6, 6.07) is 15.9. The fourth-order valence-electron chi connectivity index (χ4n) is 4.73. The summed E-state index contributed by atoms with van der Waals surface area (Å²) in [5.41, 5.74) is 7.17. The van der Waals surface area contributed by atoms with Crippen molar-refractivity contribution in [2.45, 2.75) is 77.0 Å². The third-order valence-electron chi connectivity index (χ3n) is 6.10. The lowest BCUT2D eigenvalue weighted by molar-refractivity contribution is -0.137. The van der Waals surface area contributed by atoms with Crippen LogP contribution < -0.4 is 0 Å². The van der Waals surface area contributed by atoms with E-state index in [0.29, 0.717) is 6.42 Å². The molecule has 144 valence electrons. The first-order valence-corrected chi connectivity index (χ1v) is 10.6. The van der Waals surface area contributed by atoms with Crippen LogP contribution in [0.4, 0.5) is 0 Å². The Morgan fingerprint density at radius 3 is 2.22 bits per heavy atom. The van der Waals surface area contributed by atoms with Crippen molar-refractivity contribution in [2.24, 2.45) is 0 Å².